The molecule has 0 saturated carbocycles. The first-order valence-corrected chi connectivity index (χ1v) is 6.22. The molecule has 1 saturated heterocycles. The number of hydrogen-bond acceptors (Lipinski definition) is 5. The van der Waals surface area contributed by atoms with Crippen molar-refractivity contribution in [2.45, 2.75) is 18.9 Å². The Morgan fingerprint density at radius 3 is 2.95 bits per heavy atom. The number of aromatic nitrogens is 3. The van der Waals surface area contributed by atoms with Crippen LogP contribution in [-0.2, 0) is 4.74 Å². The fourth-order valence-electron chi connectivity index (χ4n) is 2.15. The molecule has 1 aliphatic heterocycles. The van der Waals surface area contributed by atoms with Gasteiger partial charge >= 0.3 is 0 Å². The van der Waals surface area contributed by atoms with Gasteiger partial charge in [0.05, 0.1) is 11.8 Å². The highest BCUT2D eigenvalue weighted by Gasteiger charge is 2.15. The van der Waals surface area contributed by atoms with Gasteiger partial charge in [0.1, 0.15) is 0 Å². The van der Waals surface area contributed by atoms with Gasteiger partial charge in [-0.05, 0) is 18.9 Å². The lowest BCUT2D eigenvalue weighted by Gasteiger charge is -2.23. The molecule has 0 aromatic carbocycles. The number of nitrogens with zero attached hydrogens (tertiary/aromatic N) is 3. The molecule has 3 N–H and O–H groups in total. The van der Waals surface area contributed by atoms with E-state index in [9.17, 15) is 4.79 Å². The summed E-state index contributed by atoms with van der Waals surface area (Å²) >= 11 is 0. The molecule has 3 rings (SSSR count). The van der Waals surface area contributed by atoms with Crippen LogP contribution in [0.1, 0.15) is 23.2 Å². The SMILES string of the molecule is NC(=O)c1cnc2c(cnn2NC2CCOCC2)c1. The van der Waals surface area contributed by atoms with Crippen LogP contribution in [0.2, 0.25) is 0 Å². The first kappa shape index (κ1) is 11.9. The molecule has 0 bridgehead atoms. The molecule has 1 fully saturated rings. The van der Waals surface area contributed by atoms with E-state index in [0.29, 0.717) is 17.3 Å². The van der Waals surface area contributed by atoms with Crippen molar-refractivity contribution in [3.63, 3.8) is 0 Å². The third-order valence-corrected chi connectivity index (χ3v) is 3.22. The van der Waals surface area contributed by atoms with Crippen LogP contribution in [0, 0.1) is 0 Å². The van der Waals surface area contributed by atoms with Gasteiger partial charge in [-0.15, -0.1) is 0 Å². The van der Waals surface area contributed by atoms with Gasteiger partial charge in [-0.3, -0.25) is 4.79 Å². The maximum atomic E-state index is 11.1. The number of primary amides is 1. The van der Waals surface area contributed by atoms with Crippen LogP contribution in [-0.4, -0.2) is 40.0 Å². The molecule has 100 valence electrons. The van der Waals surface area contributed by atoms with E-state index >= 15 is 0 Å². The van der Waals surface area contributed by atoms with Crippen LogP contribution in [0.5, 0.6) is 0 Å². The van der Waals surface area contributed by atoms with Gasteiger partial charge < -0.3 is 15.9 Å². The van der Waals surface area contributed by atoms with E-state index in [-0.39, 0.29) is 0 Å². The quantitative estimate of drug-likeness (QED) is 0.826. The third kappa shape index (κ3) is 2.37. The van der Waals surface area contributed by atoms with Gasteiger partial charge in [0.25, 0.3) is 0 Å². The predicted octanol–water partition coefficient (Wildman–Crippen LogP) is 0.253. The molecule has 7 heteroatoms. The molecular weight excluding hydrogens is 246 g/mol. The number of hydrogen-bond donors (Lipinski definition) is 2. The number of ether oxygens (including phenoxy) is 1. The maximum Gasteiger partial charge on any atom is 0.250 e. The Labute approximate surface area is 109 Å². The Bertz CT molecular complexity index is 603. The zero-order valence-corrected chi connectivity index (χ0v) is 10.4. The van der Waals surface area contributed by atoms with E-state index in [1.54, 1.807) is 17.1 Å². The van der Waals surface area contributed by atoms with Gasteiger partial charge in [-0.25, -0.2) is 4.98 Å². The summed E-state index contributed by atoms with van der Waals surface area (Å²) in [4.78, 5) is 17.0. The Balaban J connectivity index is 1.86. The molecular formula is C12H15N5O2. The highest BCUT2D eigenvalue weighted by Crippen LogP contribution is 2.14. The molecule has 2 aromatic heterocycles. The predicted molar refractivity (Wildman–Crippen MR) is 69.2 cm³/mol. The van der Waals surface area contributed by atoms with Crippen molar-refractivity contribution in [3.05, 3.63) is 24.0 Å². The molecule has 2 aromatic rings. The lowest BCUT2D eigenvalue weighted by atomic mass is 10.1. The Morgan fingerprint density at radius 1 is 1.42 bits per heavy atom. The zero-order valence-electron chi connectivity index (χ0n) is 10.4. The first-order valence-electron chi connectivity index (χ1n) is 6.22. The van der Waals surface area contributed by atoms with Crippen molar-refractivity contribution in [2.24, 2.45) is 5.73 Å². The number of nitrogens with two attached hydrogens (primary N) is 1. The van der Waals surface area contributed by atoms with Crippen molar-refractivity contribution >= 4 is 16.9 Å². The largest absolute Gasteiger partial charge is 0.381 e. The molecule has 0 spiro atoms. The van der Waals surface area contributed by atoms with Crippen molar-refractivity contribution in [2.75, 3.05) is 18.6 Å². The van der Waals surface area contributed by atoms with Crippen LogP contribution in [0.15, 0.2) is 18.5 Å². The fraction of sp³-hybridized carbons (Fsp3) is 0.417. The number of carbonyl (C=O) groups is 1. The summed E-state index contributed by atoms with van der Waals surface area (Å²) < 4.78 is 5.31. The third-order valence-electron chi connectivity index (χ3n) is 3.22. The minimum Gasteiger partial charge on any atom is -0.381 e. The van der Waals surface area contributed by atoms with Crippen LogP contribution in [0.25, 0.3) is 11.0 Å². The number of rotatable bonds is 3. The second kappa shape index (κ2) is 4.85. The molecule has 0 atom stereocenters. The fourth-order valence-corrected chi connectivity index (χ4v) is 2.15. The van der Waals surface area contributed by atoms with Crippen LogP contribution in [0.4, 0.5) is 0 Å². The van der Waals surface area contributed by atoms with Gasteiger partial charge in [0.15, 0.2) is 5.65 Å². The minimum absolute atomic E-state index is 0.328. The Morgan fingerprint density at radius 2 is 2.21 bits per heavy atom. The van der Waals surface area contributed by atoms with Crippen LogP contribution >= 0.6 is 0 Å². The van der Waals surface area contributed by atoms with E-state index in [1.165, 1.54) is 6.20 Å². The highest BCUT2D eigenvalue weighted by molar-refractivity contribution is 5.95. The lowest BCUT2D eigenvalue weighted by Crippen LogP contribution is -2.34. The molecule has 3 heterocycles. The molecule has 0 radical (unpaired) electrons. The number of pyridine rings is 1. The van der Waals surface area contributed by atoms with Crippen LogP contribution in [0.3, 0.4) is 0 Å². The second-order valence-electron chi connectivity index (χ2n) is 4.57. The van der Waals surface area contributed by atoms with Crippen molar-refractivity contribution in [1.82, 2.24) is 14.9 Å². The average molecular weight is 261 g/mol. The van der Waals surface area contributed by atoms with E-state index in [2.05, 4.69) is 15.5 Å². The monoisotopic (exact) mass is 261 g/mol. The van der Waals surface area contributed by atoms with E-state index in [0.717, 1.165) is 31.4 Å². The van der Waals surface area contributed by atoms with Gasteiger partial charge in [0.2, 0.25) is 5.91 Å². The van der Waals surface area contributed by atoms with Crippen LogP contribution < -0.4 is 11.2 Å². The normalized spacial score (nSPS) is 16.6. The summed E-state index contributed by atoms with van der Waals surface area (Å²) in [6, 6.07) is 2.02. The van der Waals surface area contributed by atoms with Gasteiger partial charge in [-0.1, -0.05) is 0 Å². The standard InChI is InChI=1S/C12H15N5O2/c13-11(18)8-5-9-7-15-17(12(9)14-6-8)16-10-1-3-19-4-2-10/h5-7,10,16H,1-4H2,(H2,13,18). The van der Waals surface area contributed by atoms with Crippen molar-refractivity contribution in [1.29, 1.82) is 0 Å². The first-order chi connectivity index (χ1) is 9.24. The summed E-state index contributed by atoms with van der Waals surface area (Å²) in [6.07, 6.45) is 5.02. The summed E-state index contributed by atoms with van der Waals surface area (Å²) in [5, 5.41) is 5.03. The minimum atomic E-state index is -0.487. The summed E-state index contributed by atoms with van der Waals surface area (Å²) in [7, 11) is 0. The molecule has 19 heavy (non-hydrogen) atoms. The molecule has 1 amide bonds. The second-order valence-corrected chi connectivity index (χ2v) is 4.57. The van der Waals surface area contributed by atoms with Crippen molar-refractivity contribution < 1.29 is 9.53 Å². The molecule has 1 aliphatic rings. The number of amides is 1. The number of fused-ring (bicyclic) bond motifs is 1. The van der Waals surface area contributed by atoms with E-state index < -0.39 is 5.91 Å². The van der Waals surface area contributed by atoms with Crippen molar-refractivity contribution in [3.8, 4) is 0 Å². The summed E-state index contributed by atoms with van der Waals surface area (Å²) in [5.74, 6) is -0.487. The topological polar surface area (TPSA) is 95.1 Å². The Hall–Kier alpha value is -2.15. The van der Waals surface area contributed by atoms with E-state index in [1.807, 2.05) is 0 Å². The molecule has 0 aliphatic carbocycles. The Kier molecular flexibility index (Phi) is 3.04. The van der Waals surface area contributed by atoms with E-state index in [4.69, 9.17) is 10.5 Å². The highest BCUT2D eigenvalue weighted by atomic mass is 16.5. The molecule has 7 nitrogen and oxygen atoms in total. The smallest absolute Gasteiger partial charge is 0.250 e. The summed E-state index contributed by atoms with van der Waals surface area (Å²) in [6.45, 7) is 1.52. The zero-order chi connectivity index (χ0) is 13.2. The lowest BCUT2D eigenvalue weighted by molar-refractivity contribution is 0.0877. The van der Waals surface area contributed by atoms with Gasteiger partial charge in [0, 0.05) is 30.8 Å². The average Bonchev–Trinajstić information content (AvgIpc) is 2.82. The molecule has 0 unspecified atom stereocenters. The number of nitrogens with one attached hydrogen (secondary N) is 1. The summed E-state index contributed by atoms with van der Waals surface area (Å²) in [5.41, 5.74) is 9.60. The van der Waals surface area contributed by atoms with Gasteiger partial charge in [-0.2, -0.15) is 9.89 Å². The number of carbonyl (C=O) groups excluding carboxylic acids is 1. The maximum absolute atomic E-state index is 11.1.